The quantitative estimate of drug-likeness (QED) is 0.766. The number of carbonyl (C=O) groups excluding carboxylic acids is 1. The number of nitrogens with one attached hydrogen (secondary N) is 1. The fourth-order valence-electron chi connectivity index (χ4n) is 1.04. The summed E-state index contributed by atoms with van der Waals surface area (Å²) >= 11 is 3.08. The number of benzene rings is 1. The molecule has 0 spiro atoms. The molecular formula is C10H9BrFNO4. The van der Waals surface area contributed by atoms with Crippen LogP contribution in [0.1, 0.15) is 10.4 Å². The maximum Gasteiger partial charge on any atom is 0.334 e. The standard InChI is InChI=1S/C10H9BrFNO4/c11-5-1-2-7(12)6(3-5)9(15)13-4-8(14)10(16)17/h1-3,8,14H,4H2,(H,13,15)(H,16,17)/t8-/m0/s1. The number of rotatable bonds is 4. The van der Waals surface area contributed by atoms with Crippen LogP contribution < -0.4 is 5.32 Å². The van der Waals surface area contributed by atoms with Gasteiger partial charge in [0.05, 0.1) is 12.1 Å². The second-order valence-electron chi connectivity index (χ2n) is 3.19. The Morgan fingerprint density at radius 2 is 2.12 bits per heavy atom. The lowest BCUT2D eigenvalue weighted by atomic mass is 10.2. The summed E-state index contributed by atoms with van der Waals surface area (Å²) in [6, 6.07) is 3.79. The largest absolute Gasteiger partial charge is 0.479 e. The molecule has 0 aliphatic rings. The molecule has 0 aromatic heterocycles. The molecule has 0 saturated heterocycles. The summed E-state index contributed by atoms with van der Waals surface area (Å²) in [5.74, 6) is -2.97. The molecule has 1 aromatic rings. The van der Waals surface area contributed by atoms with E-state index in [-0.39, 0.29) is 5.56 Å². The number of halogens is 2. The van der Waals surface area contributed by atoms with Gasteiger partial charge in [0.2, 0.25) is 0 Å². The van der Waals surface area contributed by atoms with Crippen molar-refractivity contribution >= 4 is 27.8 Å². The van der Waals surface area contributed by atoms with Crippen LogP contribution in [0.25, 0.3) is 0 Å². The molecule has 0 fully saturated rings. The van der Waals surface area contributed by atoms with E-state index in [9.17, 15) is 14.0 Å². The average Bonchev–Trinajstić information content (AvgIpc) is 2.28. The third-order valence-corrected chi connectivity index (χ3v) is 2.41. The topological polar surface area (TPSA) is 86.6 Å². The first-order valence-electron chi connectivity index (χ1n) is 4.56. The minimum atomic E-state index is -1.71. The molecule has 0 saturated carbocycles. The third-order valence-electron chi connectivity index (χ3n) is 1.91. The van der Waals surface area contributed by atoms with Crippen LogP contribution in [0.5, 0.6) is 0 Å². The van der Waals surface area contributed by atoms with Crippen LogP contribution in [0, 0.1) is 5.82 Å². The fraction of sp³-hybridized carbons (Fsp3) is 0.200. The number of aliphatic hydroxyl groups excluding tert-OH is 1. The lowest BCUT2D eigenvalue weighted by Gasteiger charge is -2.08. The van der Waals surface area contributed by atoms with Gasteiger partial charge in [0, 0.05) is 4.47 Å². The summed E-state index contributed by atoms with van der Waals surface area (Å²) in [5, 5.41) is 19.4. The number of carboxylic acid groups (broad SMARTS) is 1. The van der Waals surface area contributed by atoms with Gasteiger partial charge in [0.1, 0.15) is 5.82 Å². The minimum Gasteiger partial charge on any atom is -0.479 e. The van der Waals surface area contributed by atoms with Gasteiger partial charge in [-0.1, -0.05) is 15.9 Å². The monoisotopic (exact) mass is 305 g/mol. The molecule has 0 heterocycles. The van der Waals surface area contributed by atoms with Crippen LogP contribution in [0.4, 0.5) is 4.39 Å². The lowest BCUT2D eigenvalue weighted by molar-refractivity contribution is -0.146. The molecule has 5 nitrogen and oxygen atoms in total. The predicted molar refractivity (Wildman–Crippen MR) is 60.1 cm³/mol. The van der Waals surface area contributed by atoms with Gasteiger partial charge in [0.25, 0.3) is 5.91 Å². The van der Waals surface area contributed by atoms with Crippen LogP contribution >= 0.6 is 15.9 Å². The number of carboxylic acids is 1. The van der Waals surface area contributed by atoms with E-state index in [1.165, 1.54) is 12.1 Å². The average molecular weight is 306 g/mol. The van der Waals surface area contributed by atoms with E-state index in [1.54, 1.807) is 0 Å². The van der Waals surface area contributed by atoms with Crippen LogP contribution in [0.15, 0.2) is 22.7 Å². The molecular weight excluding hydrogens is 297 g/mol. The Kier molecular flexibility index (Phi) is 4.59. The van der Waals surface area contributed by atoms with Crippen LogP contribution in [0.2, 0.25) is 0 Å². The maximum absolute atomic E-state index is 13.2. The van der Waals surface area contributed by atoms with Crippen molar-refractivity contribution in [3.8, 4) is 0 Å². The van der Waals surface area contributed by atoms with Crippen LogP contribution in [0.3, 0.4) is 0 Å². The number of carbonyl (C=O) groups is 2. The third kappa shape index (κ3) is 3.79. The van der Waals surface area contributed by atoms with E-state index >= 15 is 0 Å². The highest BCUT2D eigenvalue weighted by Crippen LogP contribution is 2.15. The predicted octanol–water partition coefficient (Wildman–Crippen LogP) is 0.764. The number of hydrogen-bond donors (Lipinski definition) is 3. The molecule has 0 unspecified atom stereocenters. The lowest BCUT2D eigenvalue weighted by Crippen LogP contribution is -2.36. The first kappa shape index (κ1) is 13.6. The zero-order valence-electron chi connectivity index (χ0n) is 8.48. The number of aliphatic carboxylic acids is 1. The normalized spacial score (nSPS) is 11.9. The Morgan fingerprint density at radius 3 is 2.71 bits per heavy atom. The Balaban J connectivity index is 2.70. The highest BCUT2D eigenvalue weighted by atomic mass is 79.9. The van der Waals surface area contributed by atoms with Crippen LogP contribution in [-0.4, -0.2) is 34.7 Å². The summed E-state index contributed by atoms with van der Waals surface area (Å²) in [6.07, 6.45) is -1.71. The van der Waals surface area contributed by atoms with Gasteiger partial charge >= 0.3 is 5.97 Å². The van der Waals surface area contributed by atoms with E-state index < -0.39 is 30.3 Å². The molecule has 7 heteroatoms. The van der Waals surface area contributed by atoms with E-state index in [2.05, 4.69) is 21.2 Å². The molecule has 0 aliphatic carbocycles. The van der Waals surface area contributed by atoms with Crippen molar-refractivity contribution in [2.24, 2.45) is 0 Å². The number of aliphatic hydroxyl groups is 1. The smallest absolute Gasteiger partial charge is 0.334 e. The maximum atomic E-state index is 13.2. The second-order valence-corrected chi connectivity index (χ2v) is 4.10. The molecule has 1 aromatic carbocycles. The highest BCUT2D eigenvalue weighted by Gasteiger charge is 2.17. The van der Waals surface area contributed by atoms with E-state index in [0.29, 0.717) is 4.47 Å². The van der Waals surface area contributed by atoms with Gasteiger partial charge in [-0.05, 0) is 18.2 Å². The van der Waals surface area contributed by atoms with E-state index in [1.807, 2.05) is 0 Å². The molecule has 1 rings (SSSR count). The molecule has 0 bridgehead atoms. The van der Waals surface area contributed by atoms with Gasteiger partial charge in [-0.25, -0.2) is 9.18 Å². The molecule has 0 radical (unpaired) electrons. The minimum absolute atomic E-state index is 0.225. The van der Waals surface area contributed by atoms with Crippen molar-refractivity contribution in [1.29, 1.82) is 0 Å². The van der Waals surface area contributed by atoms with Crippen molar-refractivity contribution in [3.05, 3.63) is 34.1 Å². The van der Waals surface area contributed by atoms with E-state index in [0.717, 1.165) is 6.07 Å². The zero-order valence-corrected chi connectivity index (χ0v) is 10.1. The van der Waals surface area contributed by atoms with Gasteiger partial charge < -0.3 is 15.5 Å². The SMILES string of the molecule is O=C(NC[C@H](O)C(=O)O)c1cc(Br)ccc1F. The van der Waals surface area contributed by atoms with Gasteiger partial charge in [-0.2, -0.15) is 0 Å². The molecule has 1 amide bonds. The summed E-state index contributed by atoms with van der Waals surface area (Å²) < 4.78 is 13.8. The van der Waals surface area contributed by atoms with E-state index in [4.69, 9.17) is 10.2 Å². The first-order chi connectivity index (χ1) is 7.91. The van der Waals surface area contributed by atoms with Gasteiger partial charge in [0.15, 0.2) is 6.10 Å². The van der Waals surface area contributed by atoms with Gasteiger partial charge in [-0.3, -0.25) is 4.79 Å². The van der Waals surface area contributed by atoms with Crippen LogP contribution in [-0.2, 0) is 4.79 Å². The highest BCUT2D eigenvalue weighted by molar-refractivity contribution is 9.10. The zero-order chi connectivity index (χ0) is 13.0. The Labute approximate surface area is 104 Å². The fourth-order valence-corrected chi connectivity index (χ4v) is 1.40. The molecule has 92 valence electrons. The van der Waals surface area contributed by atoms with Crippen molar-refractivity contribution in [1.82, 2.24) is 5.32 Å². The first-order valence-corrected chi connectivity index (χ1v) is 5.35. The number of hydrogen-bond acceptors (Lipinski definition) is 3. The molecule has 0 aliphatic heterocycles. The van der Waals surface area contributed by atoms with Crippen molar-refractivity contribution in [2.45, 2.75) is 6.10 Å². The van der Waals surface area contributed by atoms with Crippen molar-refractivity contribution in [2.75, 3.05) is 6.54 Å². The Bertz CT molecular complexity index is 452. The van der Waals surface area contributed by atoms with Gasteiger partial charge in [-0.15, -0.1) is 0 Å². The van der Waals surface area contributed by atoms with Crippen molar-refractivity contribution in [3.63, 3.8) is 0 Å². The summed E-state index contributed by atoms with van der Waals surface area (Å²) in [5.41, 5.74) is -0.225. The Hall–Kier alpha value is -1.47. The van der Waals surface area contributed by atoms with Crippen molar-refractivity contribution < 1.29 is 24.2 Å². The summed E-state index contributed by atoms with van der Waals surface area (Å²) in [7, 11) is 0. The summed E-state index contributed by atoms with van der Waals surface area (Å²) in [6.45, 7) is -0.486. The molecule has 1 atom stereocenters. The number of amides is 1. The molecule has 17 heavy (non-hydrogen) atoms. The second kappa shape index (κ2) is 5.74. The molecule has 3 N–H and O–H groups in total. The Morgan fingerprint density at radius 1 is 1.47 bits per heavy atom. The summed E-state index contributed by atoms with van der Waals surface area (Å²) in [4.78, 5) is 21.8.